The van der Waals surface area contributed by atoms with Gasteiger partial charge in [-0.1, -0.05) is 48.9 Å². The van der Waals surface area contributed by atoms with Crippen LogP contribution < -0.4 is 0 Å². The highest BCUT2D eigenvalue weighted by atomic mass is 16.6. The smallest absolute Gasteiger partial charge is 0.347 e. The summed E-state index contributed by atoms with van der Waals surface area (Å²) in [5, 5.41) is 20.3. The van der Waals surface area contributed by atoms with Crippen molar-refractivity contribution in [1.29, 1.82) is 5.26 Å². The third-order valence-electron chi connectivity index (χ3n) is 4.74. The number of ether oxygens (including phenoxy) is 1. The van der Waals surface area contributed by atoms with Crippen molar-refractivity contribution in [3.8, 4) is 6.07 Å². The van der Waals surface area contributed by atoms with E-state index in [1.165, 1.54) is 0 Å². The van der Waals surface area contributed by atoms with Gasteiger partial charge in [0, 0.05) is 0 Å². The molecule has 1 aliphatic rings. The molecule has 1 N–H and O–H groups in total. The van der Waals surface area contributed by atoms with Crippen LogP contribution in [0.3, 0.4) is 0 Å². The molecule has 0 saturated heterocycles. The zero-order chi connectivity index (χ0) is 17.7. The zero-order valence-electron chi connectivity index (χ0n) is 14.0. The van der Waals surface area contributed by atoms with E-state index in [1.54, 1.807) is 48.5 Å². The zero-order valence-corrected chi connectivity index (χ0v) is 14.0. The monoisotopic (exact) mass is 335 g/mol. The van der Waals surface area contributed by atoms with Crippen LogP contribution in [0.5, 0.6) is 0 Å². The van der Waals surface area contributed by atoms with Gasteiger partial charge in [0.2, 0.25) is 5.60 Å². The minimum absolute atomic E-state index is 0.144. The van der Waals surface area contributed by atoms with E-state index in [0.717, 1.165) is 32.1 Å². The highest BCUT2D eigenvalue weighted by Gasteiger charge is 2.42. The van der Waals surface area contributed by atoms with Gasteiger partial charge in [0.05, 0.1) is 11.6 Å². The molecular weight excluding hydrogens is 314 g/mol. The van der Waals surface area contributed by atoms with Gasteiger partial charge in [-0.2, -0.15) is 5.26 Å². The Morgan fingerprint density at radius 3 is 2.20 bits per heavy atom. The molecular formula is C21H21NO3. The van der Waals surface area contributed by atoms with Crippen LogP contribution in [0.4, 0.5) is 0 Å². The fourth-order valence-corrected chi connectivity index (χ4v) is 3.29. The Hall–Kier alpha value is -2.64. The lowest BCUT2D eigenvalue weighted by atomic mass is 9.85. The predicted molar refractivity (Wildman–Crippen MR) is 93.6 cm³/mol. The maximum absolute atomic E-state index is 13.0. The molecule has 0 unspecified atom stereocenters. The van der Waals surface area contributed by atoms with E-state index in [-0.39, 0.29) is 6.10 Å². The van der Waals surface area contributed by atoms with E-state index in [1.807, 2.05) is 12.1 Å². The molecule has 0 radical (unpaired) electrons. The minimum atomic E-state index is -1.88. The highest BCUT2D eigenvalue weighted by Crippen LogP contribution is 2.33. The van der Waals surface area contributed by atoms with Crippen LogP contribution in [0.15, 0.2) is 54.6 Å². The number of nitrogens with zero attached hydrogens (tertiary/aromatic N) is 1. The van der Waals surface area contributed by atoms with Gasteiger partial charge >= 0.3 is 5.97 Å². The predicted octanol–water partition coefficient (Wildman–Crippen LogP) is 3.67. The molecule has 25 heavy (non-hydrogen) atoms. The molecule has 2 aromatic rings. The minimum Gasteiger partial charge on any atom is -0.460 e. The summed E-state index contributed by atoms with van der Waals surface area (Å²) in [6, 6.07) is 17.2. The van der Waals surface area contributed by atoms with Gasteiger partial charge in [0.15, 0.2) is 0 Å². The number of aliphatic hydroxyl groups is 1. The molecule has 1 atom stereocenters. The van der Waals surface area contributed by atoms with Gasteiger partial charge in [-0.25, -0.2) is 4.79 Å². The molecule has 0 aromatic heterocycles. The van der Waals surface area contributed by atoms with Gasteiger partial charge in [-0.05, 0) is 48.9 Å². The van der Waals surface area contributed by atoms with E-state index in [4.69, 9.17) is 10.00 Å². The Bertz CT molecular complexity index is 758. The summed E-state index contributed by atoms with van der Waals surface area (Å²) < 4.78 is 5.67. The van der Waals surface area contributed by atoms with Gasteiger partial charge in [0.1, 0.15) is 6.10 Å². The third kappa shape index (κ3) is 3.57. The second kappa shape index (κ2) is 7.50. The van der Waals surface area contributed by atoms with Crippen LogP contribution in [-0.4, -0.2) is 17.2 Å². The van der Waals surface area contributed by atoms with Crippen molar-refractivity contribution in [3.63, 3.8) is 0 Å². The number of esters is 1. The maximum atomic E-state index is 13.0. The van der Waals surface area contributed by atoms with Crippen molar-refractivity contribution in [1.82, 2.24) is 0 Å². The summed E-state index contributed by atoms with van der Waals surface area (Å²) in [4.78, 5) is 13.0. The van der Waals surface area contributed by atoms with Gasteiger partial charge < -0.3 is 9.84 Å². The van der Waals surface area contributed by atoms with Crippen molar-refractivity contribution < 1.29 is 14.6 Å². The molecule has 3 rings (SSSR count). The first-order valence-corrected chi connectivity index (χ1v) is 8.64. The quantitative estimate of drug-likeness (QED) is 0.866. The number of rotatable bonds is 4. The van der Waals surface area contributed by atoms with Crippen LogP contribution >= 0.6 is 0 Å². The standard InChI is InChI=1S/C21H21NO3/c22-15-16-11-13-18(14-12-16)21(24,17-7-3-1-4-8-17)20(23)25-19-9-5-2-6-10-19/h1,3-4,7-8,11-14,19,24H,2,5-6,9-10H2/t21-/m0/s1. The summed E-state index contributed by atoms with van der Waals surface area (Å²) in [5.74, 6) is -0.657. The first-order chi connectivity index (χ1) is 12.1. The van der Waals surface area contributed by atoms with Crippen LogP contribution in [0, 0.1) is 11.3 Å². The fraction of sp³-hybridized carbons (Fsp3) is 0.333. The number of nitriles is 1. The van der Waals surface area contributed by atoms with Crippen molar-refractivity contribution >= 4 is 5.97 Å². The van der Waals surface area contributed by atoms with Gasteiger partial charge in [0.25, 0.3) is 0 Å². The summed E-state index contributed by atoms with van der Waals surface area (Å²) in [7, 11) is 0. The van der Waals surface area contributed by atoms with E-state index in [0.29, 0.717) is 16.7 Å². The van der Waals surface area contributed by atoms with Gasteiger partial charge in [-0.3, -0.25) is 0 Å². The second-order valence-corrected chi connectivity index (χ2v) is 6.43. The highest BCUT2D eigenvalue weighted by molar-refractivity contribution is 5.85. The Balaban J connectivity index is 1.96. The fourth-order valence-electron chi connectivity index (χ4n) is 3.29. The first-order valence-electron chi connectivity index (χ1n) is 8.64. The lowest BCUT2D eigenvalue weighted by molar-refractivity contribution is -0.169. The van der Waals surface area contributed by atoms with E-state index in [9.17, 15) is 9.90 Å². The van der Waals surface area contributed by atoms with Crippen LogP contribution in [-0.2, 0) is 15.1 Å². The Labute approximate surface area is 147 Å². The van der Waals surface area contributed by atoms with E-state index < -0.39 is 11.6 Å². The number of benzene rings is 2. The van der Waals surface area contributed by atoms with Crippen molar-refractivity contribution in [2.45, 2.75) is 43.8 Å². The van der Waals surface area contributed by atoms with Crippen molar-refractivity contribution in [3.05, 3.63) is 71.3 Å². The average molecular weight is 335 g/mol. The molecule has 1 saturated carbocycles. The molecule has 128 valence electrons. The topological polar surface area (TPSA) is 70.3 Å². The largest absolute Gasteiger partial charge is 0.460 e. The first kappa shape index (κ1) is 17.2. The molecule has 0 bridgehead atoms. The third-order valence-corrected chi connectivity index (χ3v) is 4.74. The molecule has 4 nitrogen and oxygen atoms in total. The lowest BCUT2D eigenvalue weighted by Crippen LogP contribution is -2.40. The molecule has 1 fully saturated rings. The van der Waals surface area contributed by atoms with E-state index in [2.05, 4.69) is 0 Å². The van der Waals surface area contributed by atoms with Crippen molar-refractivity contribution in [2.75, 3.05) is 0 Å². The summed E-state index contributed by atoms with van der Waals surface area (Å²) in [5.41, 5.74) is -0.550. The van der Waals surface area contributed by atoms with Gasteiger partial charge in [-0.15, -0.1) is 0 Å². The molecule has 2 aromatic carbocycles. The Morgan fingerprint density at radius 2 is 1.60 bits per heavy atom. The number of hydrogen-bond donors (Lipinski definition) is 1. The number of carbonyl (C=O) groups is 1. The molecule has 0 aliphatic heterocycles. The average Bonchev–Trinajstić information content (AvgIpc) is 2.69. The van der Waals surface area contributed by atoms with E-state index >= 15 is 0 Å². The summed E-state index contributed by atoms with van der Waals surface area (Å²) >= 11 is 0. The molecule has 0 amide bonds. The molecule has 0 heterocycles. The maximum Gasteiger partial charge on any atom is 0.347 e. The summed E-state index contributed by atoms with van der Waals surface area (Å²) in [6.07, 6.45) is 4.77. The number of hydrogen-bond acceptors (Lipinski definition) is 4. The Kier molecular flexibility index (Phi) is 5.16. The normalized spacial score (nSPS) is 17.3. The van der Waals surface area contributed by atoms with Crippen LogP contribution in [0.1, 0.15) is 48.8 Å². The number of carbonyl (C=O) groups excluding carboxylic acids is 1. The van der Waals surface area contributed by atoms with Crippen LogP contribution in [0.25, 0.3) is 0 Å². The molecule has 4 heteroatoms. The Morgan fingerprint density at radius 1 is 1.00 bits per heavy atom. The SMILES string of the molecule is N#Cc1ccc([C@](O)(C(=O)OC2CCCCC2)c2ccccc2)cc1. The molecule has 0 spiro atoms. The summed E-state index contributed by atoms with van der Waals surface area (Å²) in [6.45, 7) is 0. The lowest BCUT2D eigenvalue weighted by Gasteiger charge is -2.30. The molecule has 1 aliphatic carbocycles. The van der Waals surface area contributed by atoms with Crippen molar-refractivity contribution in [2.24, 2.45) is 0 Å². The second-order valence-electron chi connectivity index (χ2n) is 6.43. The van der Waals surface area contributed by atoms with Crippen LogP contribution in [0.2, 0.25) is 0 Å².